The first-order valence-corrected chi connectivity index (χ1v) is 14.9. The summed E-state index contributed by atoms with van der Waals surface area (Å²) in [5.41, 5.74) is 1.65. The molecule has 0 aromatic heterocycles. The fraction of sp³-hybridized carbons (Fsp3) is 0.357. The fourth-order valence-electron chi connectivity index (χ4n) is 4.01. The van der Waals surface area contributed by atoms with Crippen LogP contribution in [-0.4, -0.2) is 24.6 Å². The summed E-state index contributed by atoms with van der Waals surface area (Å²) >= 11 is 0. The van der Waals surface area contributed by atoms with Gasteiger partial charge in [0.1, 0.15) is 0 Å². The first-order valence-electron chi connectivity index (χ1n) is 11.2. The van der Waals surface area contributed by atoms with Crippen molar-refractivity contribution in [2.45, 2.75) is 51.9 Å². The zero-order valence-electron chi connectivity index (χ0n) is 20.6. The van der Waals surface area contributed by atoms with E-state index in [9.17, 15) is 0 Å². The van der Waals surface area contributed by atoms with Gasteiger partial charge < -0.3 is 24.8 Å². The Kier molecular flexibility index (Phi) is 15.6. The van der Waals surface area contributed by atoms with E-state index in [0.717, 1.165) is 11.3 Å². The van der Waals surface area contributed by atoms with Crippen LogP contribution in [0.1, 0.15) is 40.5 Å². The molecule has 4 aromatic carbocycles. The minimum absolute atomic E-state index is 0. The van der Waals surface area contributed by atoms with E-state index in [2.05, 4.69) is 114 Å². The third-order valence-electron chi connectivity index (χ3n) is 6.15. The molecule has 0 radical (unpaired) electrons. The SMILES string of the molecule is CCC(C)P(c1cc2ccccc2[cH-]1)C(C)CC.CP(C)c1cc2ccccc2[cH-]1.[Cl-].[Cl-].[Ti+4]. The van der Waals surface area contributed by atoms with E-state index < -0.39 is 0 Å². The number of hydrogen-bond donors (Lipinski definition) is 0. The monoisotopic (exact) mass is 552 g/mol. The molecule has 0 saturated heterocycles. The first kappa shape index (κ1) is 32.8. The fourth-order valence-corrected chi connectivity index (χ4v) is 8.06. The van der Waals surface area contributed by atoms with E-state index >= 15 is 0 Å². The molecule has 176 valence electrons. The number of fused-ring (bicyclic) bond motifs is 2. The summed E-state index contributed by atoms with van der Waals surface area (Å²) in [5, 5.41) is 8.69. The van der Waals surface area contributed by atoms with Crippen molar-refractivity contribution in [3.05, 3.63) is 72.8 Å². The van der Waals surface area contributed by atoms with Gasteiger partial charge in [0.05, 0.1) is 0 Å². The van der Waals surface area contributed by atoms with Gasteiger partial charge in [0.25, 0.3) is 0 Å². The minimum Gasteiger partial charge on any atom is -1.00 e. The average molecular weight is 553 g/mol. The van der Waals surface area contributed by atoms with Gasteiger partial charge >= 0.3 is 21.7 Å². The molecular formula is C28H36Cl2P2Ti. The van der Waals surface area contributed by atoms with Crippen molar-refractivity contribution >= 4 is 48.0 Å². The van der Waals surface area contributed by atoms with Gasteiger partial charge in [0.2, 0.25) is 0 Å². The maximum atomic E-state index is 2.43. The predicted octanol–water partition coefficient (Wildman–Crippen LogP) is 2.19. The zero-order chi connectivity index (χ0) is 21.7. The number of hydrogen-bond acceptors (Lipinski definition) is 0. The quantitative estimate of drug-likeness (QED) is 0.195. The Morgan fingerprint density at radius 2 is 1.09 bits per heavy atom. The molecule has 4 aromatic rings. The Balaban J connectivity index is 0.000000603. The van der Waals surface area contributed by atoms with E-state index in [-0.39, 0.29) is 62.4 Å². The maximum absolute atomic E-state index is 2.43. The molecule has 2 unspecified atom stereocenters. The molecule has 2 atom stereocenters. The van der Waals surface area contributed by atoms with Gasteiger partial charge in [-0.1, -0.05) is 47.7 Å². The molecule has 0 amide bonds. The van der Waals surface area contributed by atoms with Crippen molar-refractivity contribution < 1.29 is 46.5 Å². The van der Waals surface area contributed by atoms with Crippen molar-refractivity contribution in [2.24, 2.45) is 0 Å². The molecule has 4 rings (SSSR count). The van der Waals surface area contributed by atoms with Gasteiger partial charge in [-0.15, -0.1) is 88.6 Å². The van der Waals surface area contributed by atoms with Crippen molar-refractivity contribution in [3.8, 4) is 0 Å². The molecule has 0 aliphatic rings. The van der Waals surface area contributed by atoms with Crippen LogP contribution in [0.15, 0.2) is 72.8 Å². The van der Waals surface area contributed by atoms with Crippen molar-refractivity contribution in [2.75, 3.05) is 13.3 Å². The third kappa shape index (κ3) is 8.46. The molecule has 0 N–H and O–H groups in total. The molecule has 5 heteroatoms. The van der Waals surface area contributed by atoms with Crippen molar-refractivity contribution in [1.29, 1.82) is 0 Å². The second-order valence-electron chi connectivity index (χ2n) is 8.50. The van der Waals surface area contributed by atoms with Gasteiger partial charge in [-0.25, -0.2) is 0 Å². The second-order valence-corrected chi connectivity index (χ2v) is 13.9. The molecule has 33 heavy (non-hydrogen) atoms. The van der Waals surface area contributed by atoms with Crippen LogP contribution < -0.4 is 35.4 Å². The van der Waals surface area contributed by atoms with Crippen LogP contribution in [-0.2, 0) is 21.7 Å². The van der Waals surface area contributed by atoms with Crippen LogP contribution in [0.3, 0.4) is 0 Å². The number of benzene rings is 2. The summed E-state index contributed by atoms with van der Waals surface area (Å²) in [6.07, 6.45) is 2.58. The van der Waals surface area contributed by atoms with Gasteiger partial charge in [-0.05, 0) is 37.5 Å². The maximum Gasteiger partial charge on any atom is 4.00 e. The molecule has 0 aliphatic carbocycles. The third-order valence-corrected chi connectivity index (χ3v) is 10.9. The minimum atomic E-state index is -0.0252. The molecule has 0 nitrogen and oxygen atoms in total. The Labute approximate surface area is 231 Å². The predicted molar refractivity (Wildman–Crippen MR) is 144 cm³/mol. The summed E-state index contributed by atoms with van der Waals surface area (Å²) in [6.45, 7) is 14.1. The van der Waals surface area contributed by atoms with E-state index in [4.69, 9.17) is 0 Å². The van der Waals surface area contributed by atoms with Crippen molar-refractivity contribution in [3.63, 3.8) is 0 Å². The Bertz CT molecular complexity index is 994. The first-order chi connectivity index (χ1) is 14.4. The van der Waals surface area contributed by atoms with Crippen LogP contribution in [0.2, 0.25) is 0 Å². The number of halogens is 2. The molecule has 0 bridgehead atoms. The zero-order valence-corrected chi connectivity index (χ0v) is 25.5. The van der Waals surface area contributed by atoms with Gasteiger partial charge in [0, 0.05) is 0 Å². The van der Waals surface area contributed by atoms with Crippen LogP contribution in [0, 0.1) is 0 Å². The van der Waals surface area contributed by atoms with Crippen LogP contribution in [0.5, 0.6) is 0 Å². The number of rotatable bonds is 6. The van der Waals surface area contributed by atoms with Crippen LogP contribution >= 0.6 is 15.8 Å². The smallest absolute Gasteiger partial charge is 1.00 e. The van der Waals surface area contributed by atoms with Gasteiger partial charge in [-0.2, -0.15) is 12.1 Å². The molecule has 0 fully saturated rings. The summed E-state index contributed by atoms with van der Waals surface area (Å²) in [4.78, 5) is 0. The van der Waals surface area contributed by atoms with E-state index in [1.54, 1.807) is 5.30 Å². The second kappa shape index (κ2) is 15.7. The molecule has 0 spiro atoms. The summed E-state index contributed by atoms with van der Waals surface area (Å²) in [7, 11) is 0.0324. The largest absolute Gasteiger partial charge is 4.00 e. The van der Waals surface area contributed by atoms with Gasteiger partial charge in [0.15, 0.2) is 0 Å². The molecule has 0 saturated carbocycles. The summed E-state index contributed by atoms with van der Waals surface area (Å²) in [6, 6.07) is 26.8. The Morgan fingerprint density at radius 1 is 0.697 bits per heavy atom. The summed E-state index contributed by atoms with van der Waals surface area (Å²) < 4.78 is 0. The van der Waals surface area contributed by atoms with E-state index in [0.29, 0.717) is 0 Å². The van der Waals surface area contributed by atoms with E-state index in [1.807, 2.05) is 0 Å². The summed E-state index contributed by atoms with van der Waals surface area (Å²) in [5.74, 6) is 0. The van der Waals surface area contributed by atoms with Crippen LogP contribution in [0.4, 0.5) is 0 Å². The average Bonchev–Trinajstić information content (AvgIpc) is 3.38. The van der Waals surface area contributed by atoms with E-state index in [1.165, 1.54) is 39.7 Å². The van der Waals surface area contributed by atoms with Gasteiger partial charge in [-0.3, -0.25) is 0 Å². The van der Waals surface area contributed by atoms with Crippen molar-refractivity contribution in [1.82, 2.24) is 0 Å². The molecular weight excluding hydrogens is 517 g/mol. The Morgan fingerprint density at radius 3 is 1.48 bits per heavy atom. The normalized spacial score (nSPS) is 13.2. The topological polar surface area (TPSA) is 0 Å². The molecule has 0 heterocycles. The Hall–Kier alpha value is -0.186. The molecule has 0 aliphatic heterocycles. The van der Waals surface area contributed by atoms with Crippen LogP contribution in [0.25, 0.3) is 21.5 Å². The standard InChI is InChI=1S/C17H24P.C11H12P.2ClH.Ti/c1-5-13(3)18(14(4)6-2)17-11-15-9-7-8-10-16(15)12-17;1-12(2)11-7-9-5-3-4-6-10(9)8-11;;;/h7-14H,5-6H2,1-4H3;3-8H,1-2H3;2*1H;/q2*-1;;;+4/p-2.